The van der Waals surface area contributed by atoms with E-state index in [4.69, 9.17) is 4.74 Å². The fraction of sp³-hybridized carbons (Fsp3) is 0.471. The molecule has 0 fully saturated rings. The first-order valence-electron chi connectivity index (χ1n) is 8.35. The van der Waals surface area contributed by atoms with Crippen LogP contribution in [0.5, 0.6) is 5.75 Å². The summed E-state index contributed by atoms with van der Waals surface area (Å²) in [7, 11) is 0. The van der Waals surface area contributed by atoms with Gasteiger partial charge in [-0.3, -0.25) is 4.79 Å². The average Bonchev–Trinajstić information content (AvgIpc) is 2.58. The Bertz CT molecular complexity index is 937. The molecule has 1 aromatic heterocycles. The quantitative estimate of drug-likeness (QED) is 0.761. The van der Waals surface area contributed by atoms with Gasteiger partial charge in [-0.15, -0.1) is 0 Å². The van der Waals surface area contributed by atoms with Gasteiger partial charge in [-0.1, -0.05) is 6.92 Å². The van der Waals surface area contributed by atoms with Crippen LogP contribution in [0.3, 0.4) is 0 Å². The van der Waals surface area contributed by atoms with E-state index in [1.54, 1.807) is 6.92 Å². The number of hydrogen-bond donors (Lipinski definition) is 2. The molecule has 0 unspecified atom stereocenters. The molecule has 5 nitrogen and oxygen atoms in total. The van der Waals surface area contributed by atoms with Gasteiger partial charge in [0.2, 0.25) is 5.56 Å². The predicted molar refractivity (Wildman–Crippen MR) is 88.6 cm³/mol. The van der Waals surface area contributed by atoms with Crippen molar-refractivity contribution in [2.45, 2.75) is 37.8 Å². The number of benzene rings is 1. The molecule has 0 saturated carbocycles. The number of nitrogens with zero attached hydrogens (tertiary/aromatic N) is 1. The number of halogens is 6. The second kappa shape index (κ2) is 6.87. The zero-order chi connectivity index (χ0) is 20.9. The lowest BCUT2D eigenvalue weighted by Gasteiger charge is -2.40. The van der Waals surface area contributed by atoms with Gasteiger partial charge < -0.3 is 19.7 Å². The van der Waals surface area contributed by atoms with E-state index in [1.807, 2.05) is 0 Å². The number of aromatic amines is 1. The van der Waals surface area contributed by atoms with Crippen molar-refractivity contribution in [1.29, 1.82) is 0 Å². The minimum Gasteiger partial charge on any atom is -0.489 e. The summed E-state index contributed by atoms with van der Waals surface area (Å²) in [4.78, 5) is 15.0. The third kappa shape index (κ3) is 3.62. The van der Waals surface area contributed by atoms with Gasteiger partial charge in [0.1, 0.15) is 6.61 Å². The van der Waals surface area contributed by atoms with Crippen LogP contribution in [-0.2, 0) is 6.18 Å². The Morgan fingerprint density at radius 3 is 2.54 bits per heavy atom. The summed E-state index contributed by atoms with van der Waals surface area (Å²) in [6, 6.07) is 2.27. The van der Waals surface area contributed by atoms with Crippen LogP contribution < -0.4 is 15.2 Å². The molecule has 2 atom stereocenters. The van der Waals surface area contributed by atoms with Crippen LogP contribution in [0, 0.1) is 0 Å². The van der Waals surface area contributed by atoms with Crippen LogP contribution in [0.1, 0.15) is 18.9 Å². The van der Waals surface area contributed by atoms with Crippen molar-refractivity contribution >= 4 is 16.6 Å². The molecule has 0 spiro atoms. The molecule has 11 heteroatoms. The molecule has 2 heterocycles. The van der Waals surface area contributed by atoms with Crippen molar-refractivity contribution in [1.82, 2.24) is 4.98 Å². The summed E-state index contributed by atoms with van der Waals surface area (Å²) < 4.78 is 84.4. The number of aromatic nitrogens is 1. The van der Waals surface area contributed by atoms with Crippen LogP contribution >= 0.6 is 0 Å². The van der Waals surface area contributed by atoms with Gasteiger partial charge >= 0.3 is 12.4 Å². The molecule has 1 aliphatic rings. The number of hydrogen-bond acceptors (Lipinski definition) is 4. The highest BCUT2D eigenvalue weighted by molar-refractivity contribution is 5.94. The molecule has 0 aliphatic carbocycles. The Labute approximate surface area is 154 Å². The SMILES string of the molecule is CC[C@@H]1COc2c(ccc3[nH]c(=O)cc(C(F)(F)F)c23)N1C[C@@H](O)C(F)(F)F. The van der Waals surface area contributed by atoms with Crippen molar-refractivity contribution in [3.8, 4) is 5.75 Å². The molecular weight excluding hydrogens is 394 g/mol. The number of H-pyrrole nitrogens is 1. The van der Waals surface area contributed by atoms with E-state index < -0.39 is 47.6 Å². The number of nitrogens with one attached hydrogen (secondary N) is 1. The van der Waals surface area contributed by atoms with Gasteiger partial charge in [0, 0.05) is 6.07 Å². The number of rotatable bonds is 3. The van der Waals surface area contributed by atoms with E-state index in [0.717, 1.165) is 0 Å². The zero-order valence-electron chi connectivity index (χ0n) is 14.5. The Balaban J connectivity index is 2.21. The van der Waals surface area contributed by atoms with Gasteiger partial charge in [-0.25, -0.2) is 0 Å². The van der Waals surface area contributed by atoms with E-state index in [1.165, 1.54) is 17.0 Å². The van der Waals surface area contributed by atoms with Crippen LogP contribution in [0.4, 0.5) is 32.0 Å². The van der Waals surface area contributed by atoms with Crippen LogP contribution in [0.25, 0.3) is 10.9 Å². The summed E-state index contributed by atoms with van der Waals surface area (Å²) in [5.74, 6) is -0.278. The summed E-state index contributed by atoms with van der Waals surface area (Å²) in [5, 5.41) is 9.04. The standard InChI is InChI=1S/C17H16F6N2O3/c1-2-8-7-28-15-11(25(8)6-12(26)17(21,22)23)4-3-10-14(15)9(16(18,19)20)5-13(27)24-10/h3-5,8,12,26H,2,6-7H2,1H3,(H,24,27)/t8-,12-/m1/s1. The number of anilines is 1. The maximum absolute atomic E-state index is 13.5. The molecule has 3 rings (SSSR count). The number of aliphatic hydroxyl groups excluding tert-OH is 1. The van der Waals surface area contributed by atoms with E-state index >= 15 is 0 Å². The topological polar surface area (TPSA) is 65.6 Å². The molecular formula is C17H16F6N2O3. The molecule has 0 radical (unpaired) electrons. The number of ether oxygens (including phenoxy) is 1. The Kier molecular flexibility index (Phi) is 4.98. The molecule has 2 aromatic rings. The van der Waals surface area contributed by atoms with Gasteiger partial charge in [0.15, 0.2) is 11.9 Å². The Morgan fingerprint density at radius 1 is 1.29 bits per heavy atom. The van der Waals surface area contributed by atoms with Crippen molar-refractivity contribution in [3.63, 3.8) is 0 Å². The monoisotopic (exact) mass is 410 g/mol. The normalized spacial score (nSPS) is 18.7. The first-order chi connectivity index (χ1) is 12.9. The number of pyridine rings is 1. The molecule has 28 heavy (non-hydrogen) atoms. The van der Waals surface area contributed by atoms with Gasteiger partial charge in [0.25, 0.3) is 0 Å². The molecule has 0 bridgehead atoms. The lowest BCUT2D eigenvalue weighted by molar-refractivity contribution is -0.200. The molecule has 1 aliphatic heterocycles. The summed E-state index contributed by atoms with van der Waals surface area (Å²) in [5.41, 5.74) is -2.36. The van der Waals surface area contributed by atoms with E-state index in [2.05, 4.69) is 4.98 Å². The molecule has 0 saturated heterocycles. The van der Waals surface area contributed by atoms with Crippen molar-refractivity contribution in [2.75, 3.05) is 18.1 Å². The minimum absolute atomic E-state index is 0.00792. The first-order valence-corrected chi connectivity index (χ1v) is 8.35. The number of fused-ring (bicyclic) bond motifs is 3. The van der Waals surface area contributed by atoms with Gasteiger partial charge in [0.05, 0.1) is 34.7 Å². The van der Waals surface area contributed by atoms with E-state index in [-0.39, 0.29) is 23.6 Å². The van der Waals surface area contributed by atoms with Gasteiger partial charge in [-0.05, 0) is 18.6 Å². The fourth-order valence-electron chi connectivity index (χ4n) is 3.25. The number of aliphatic hydroxyl groups is 1. The number of β-amino-alcohol motifs (C(OH)–C–C–N with tert-alkyl or cyclic N) is 1. The smallest absolute Gasteiger partial charge is 0.417 e. The van der Waals surface area contributed by atoms with E-state index in [0.29, 0.717) is 12.5 Å². The van der Waals surface area contributed by atoms with Crippen LogP contribution in [0.15, 0.2) is 23.0 Å². The second-order valence-electron chi connectivity index (χ2n) is 6.46. The average molecular weight is 410 g/mol. The lowest BCUT2D eigenvalue weighted by Crippen LogP contribution is -2.49. The maximum Gasteiger partial charge on any atom is 0.417 e. The largest absolute Gasteiger partial charge is 0.489 e. The Hall–Kier alpha value is -2.43. The predicted octanol–water partition coefficient (Wildman–Crippen LogP) is 3.45. The molecule has 154 valence electrons. The first kappa shape index (κ1) is 20.3. The van der Waals surface area contributed by atoms with Crippen molar-refractivity contribution in [3.05, 3.63) is 34.1 Å². The molecule has 2 N–H and O–H groups in total. The summed E-state index contributed by atoms with van der Waals surface area (Å²) in [6.45, 7) is 0.670. The highest BCUT2D eigenvalue weighted by atomic mass is 19.4. The summed E-state index contributed by atoms with van der Waals surface area (Å²) >= 11 is 0. The lowest BCUT2D eigenvalue weighted by atomic mass is 10.0. The minimum atomic E-state index is -4.88. The van der Waals surface area contributed by atoms with Gasteiger partial charge in [-0.2, -0.15) is 26.3 Å². The molecule has 0 amide bonds. The zero-order valence-corrected chi connectivity index (χ0v) is 14.5. The Morgan fingerprint density at radius 2 is 1.96 bits per heavy atom. The van der Waals surface area contributed by atoms with E-state index in [9.17, 15) is 36.2 Å². The van der Waals surface area contributed by atoms with Crippen LogP contribution in [-0.4, -0.2) is 41.6 Å². The fourth-order valence-corrected chi connectivity index (χ4v) is 3.25. The highest BCUT2D eigenvalue weighted by Crippen LogP contribution is 2.45. The number of alkyl halides is 6. The second-order valence-corrected chi connectivity index (χ2v) is 6.46. The third-order valence-corrected chi connectivity index (χ3v) is 4.63. The molecule has 1 aromatic carbocycles. The van der Waals surface area contributed by atoms with Crippen LogP contribution in [0.2, 0.25) is 0 Å². The summed E-state index contributed by atoms with van der Waals surface area (Å²) in [6.07, 6.45) is -12.1. The third-order valence-electron chi connectivity index (χ3n) is 4.63. The van der Waals surface area contributed by atoms with Crippen molar-refractivity contribution < 1.29 is 36.2 Å². The maximum atomic E-state index is 13.5. The van der Waals surface area contributed by atoms with Crippen molar-refractivity contribution in [2.24, 2.45) is 0 Å². The highest BCUT2D eigenvalue weighted by Gasteiger charge is 2.42.